The van der Waals surface area contributed by atoms with Gasteiger partial charge in [0.05, 0.1) is 0 Å². The molecule has 2 N–H and O–H groups in total. The minimum absolute atomic E-state index is 0.229. The Hall–Kier alpha value is -4.78. The van der Waals surface area contributed by atoms with Gasteiger partial charge in [0, 0.05) is 38.6 Å². The molecule has 0 aromatic heterocycles. The predicted molar refractivity (Wildman–Crippen MR) is 158 cm³/mol. The third-order valence-electron chi connectivity index (χ3n) is 5.71. The average molecular weight is 569 g/mol. The van der Waals surface area contributed by atoms with Crippen LogP contribution in [0.15, 0.2) is 121 Å². The molecule has 0 aliphatic heterocycles. The van der Waals surface area contributed by atoms with E-state index in [0.29, 0.717) is 55.5 Å². The summed E-state index contributed by atoms with van der Waals surface area (Å²) in [6, 6.07) is 34.7. The van der Waals surface area contributed by atoms with Crippen LogP contribution in [0.2, 0.25) is 10.0 Å². The zero-order valence-corrected chi connectivity index (χ0v) is 22.4. The lowest BCUT2D eigenvalue weighted by Gasteiger charge is -2.11. The topological polar surface area (TPSA) is 76.7 Å². The molecule has 40 heavy (non-hydrogen) atoms. The van der Waals surface area contributed by atoms with Crippen molar-refractivity contribution < 1.29 is 19.1 Å². The summed E-state index contributed by atoms with van der Waals surface area (Å²) in [5, 5.41) is 6.83. The van der Waals surface area contributed by atoms with Crippen LogP contribution in [-0.2, 0) is 0 Å². The van der Waals surface area contributed by atoms with E-state index in [4.69, 9.17) is 32.7 Å². The predicted octanol–water partition coefficient (Wildman–Crippen LogP) is 9.08. The molecule has 0 aliphatic rings. The molecule has 0 atom stereocenters. The van der Waals surface area contributed by atoms with E-state index in [1.165, 1.54) is 0 Å². The van der Waals surface area contributed by atoms with Gasteiger partial charge in [-0.25, -0.2) is 0 Å². The summed E-state index contributed by atoms with van der Waals surface area (Å²) < 4.78 is 11.9. The minimum Gasteiger partial charge on any atom is -0.457 e. The van der Waals surface area contributed by atoms with Crippen molar-refractivity contribution in [1.82, 2.24) is 0 Å². The van der Waals surface area contributed by atoms with Crippen molar-refractivity contribution >= 4 is 46.4 Å². The molecule has 0 unspecified atom stereocenters. The lowest BCUT2D eigenvalue weighted by Crippen LogP contribution is -2.11. The maximum atomic E-state index is 12.4. The summed E-state index contributed by atoms with van der Waals surface area (Å²) in [5.41, 5.74) is 2.30. The fraction of sp³-hybridized carbons (Fsp3) is 0. The van der Waals surface area contributed by atoms with Gasteiger partial charge in [0.25, 0.3) is 11.8 Å². The maximum absolute atomic E-state index is 12.4. The lowest BCUT2D eigenvalue weighted by molar-refractivity contribution is 0.101. The summed E-state index contributed by atoms with van der Waals surface area (Å²) in [7, 11) is 0. The Morgan fingerprint density at radius 3 is 1.23 bits per heavy atom. The number of hydrogen-bond donors (Lipinski definition) is 2. The molecular formula is C32H22Cl2N2O4. The molecule has 8 heteroatoms. The van der Waals surface area contributed by atoms with Crippen molar-refractivity contribution in [2.75, 3.05) is 10.6 Å². The van der Waals surface area contributed by atoms with Crippen LogP contribution in [0.1, 0.15) is 20.7 Å². The molecule has 0 bridgehead atoms. The Kier molecular flexibility index (Phi) is 8.30. The van der Waals surface area contributed by atoms with E-state index >= 15 is 0 Å². The SMILES string of the molecule is O=C(Nc1ccc(Oc2cccc(Oc3ccc(NC(=O)c4ccc(Cl)cc4)cc3)c2)cc1)c1ccc(Cl)cc1. The minimum atomic E-state index is -0.229. The standard InChI is InChI=1S/C32H22Cl2N2O4/c33-23-8-4-21(5-9-23)31(37)35-25-12-16-27(17-13-25)39-29-2-1-3-30(20-29)40-28-18-14-26(15-19-28)36-32(38)22-6-10-24(34)11-7-22/h1-20H,(H,35,37)(H,36,38). The molecule has 5 aromatic carbocycles. The molecule has 0 fully saturated rings. The van der Waals surface area contributed by atoms with E-state index in [2.05, 4.69) is 10.6 Å². The number of ether oxygens (including phenoxy) is 2. The third kappa shape index (κ3) is 7.20. The molecule has 5 aromatic rings. The molecule has 0 spiro atoms. The fourth-order valence-corrected chi connectivity index (χ4v) is 3.95. The van der Waals surface area contributed by atoms with Crippen molar-refractivity contribution in [2.45, 2.75) is 0 Å². The fourth-order valence-electron chi connectivity index (χ4n) is 3.70. The van der Waals surface area contributed by atoms with Crippen LogP contribution in [0.4, 0.5) is 11.4 Å². The molecule has 0 saturated carbocycles. The monoisotopic (exact) mass is 568 g/mol. The average Bonchev–Trinajstić information content (AvgIpc) is 2.96. The molecule has 6 nitrogen and oxygen atoms in total. The zero-order valence-electron chi connectivity index (χ0n) is 20.9. The van der Waals surface area contributed by atoms with Gasteiger partial charge in [0.15, 0.2) is 0 Å². The van der Waals surface area contributed by atoms with E-state index in [-0.39, 0.29) is 11.8 Å². The van der Waals surface area contributed by atoms with Gasteiger partial charge in [-0.05, 0) is 109 Å². The second kappa shape index (κ2) is 12.4. The quantitative estimate of drug-likeness (QED) is 0.195. The van der Waals surface area contributed by atoms with Crippen LogP contribution < -0.4 is 20.1 Å². The van der Waals surface area contributed by atoms with Crippen LogP contribution in [0.3, 0.4) is 0 Å². The van der Waals surface area contributed by atoms with Crippen LogP contribution in [-0.4, -0.2) is 11.8 Å². The van der Waals surface area contributed by atoms with Crippen LogP contribution in [0.5, 0.6) is 23.0 Å². The second-order valence-electron chi connectivity index (χ2n) is 8.65. The van der Waals surface area contributed by atoms with Crippen LogP contribution >= 0.6 is 23.2 Å². The summed E-state index contributed by atoms with van der Waals surface area (Å²) in [6.45, 7) is 0. The largest absolute Gasteiger partial charge is 0.457 e. The molecule has 5 rings (SSSR count). The number of carbonyl (C=O) groups excluding carboxylic acids is 2. The van der Waals surface area contributed by atoms with Crippen molar-refractivity contribution in [3.05, 3.63) is 142 Å². The first-order valence-electron chi connectivity index (χ1n) is 12.2. The molecule has 0 heterocycles. The van der Waals surface area contributed by atoms with E-state index in [1.54, 1.807) is 103 Å². The normalized spacial score (nSPS) is 10.4. The van der Waals surface area contributed by atoms with Gasteiger partial charge >= 0.3 is 0 Å². The molecular weight excluding hydrogens is 547 g/mol. The van der Waals surface area contributed by atoms with E-state index in [9.17, 15) is 9.59 Å². The first-order chi connectivity index (χ1) is 19.4. The van der Waals surface area contributed by atoms with Gasteiger partial charge in [-0.1, -0.05) is 29.3 Å². The highest BCUT2D eigenvalue weighted by Crippen LogP contribution is 2.29. The number of amides is 2. The smallest absolute Gasteiger partial charge is 0.255 e. The van der Waals surface area contributed by atoms with Crippen molar-refractivity contribution in [3.8, 4) is 23.0 Å². The lowest BCUT2D eigenvalue weighted by atomic mass is 10.2. The van der Waals surface area contributed by atoms with Gasteiger partial charge in [0.1, 0.15) is 23.0 Å². The van der Waals surface area contributed by atoms with Gasteiger partial charge in [-0.3, -0.25) is 9.59 Å². The van der Waals surface area contributed by atoms with Gasteiger partial charge < -0.3 is 20.1 Å². The Morgan fingerprint density at radius 2 is 0.850 bits per heavy atom. The number of carbonyl (C=O) groups is 2. The number of nitrogens with one attached hydrogen (secondary N) is 2. The number of anilines is 2. The van der Waals surface area contributed by atoms with Crippen molar-refractivity contribution in [2.24, 2.45) is 0 Å². The van der Waals surface area contributed by atoms with Gasteiger partial charge in [0.2, 0.25) is 0 Å². The summed E-state index contributed by atoms with van der Waals surface area (Å²) in [4.78, 5) is 24.8. The molecule has 0 radical (unpaired) electrons. The summed E-state index contributed by atoms with van der Waals surface area (Å²) >= 11 is 11.8. The Morgan fingerprint density at radius 1 is 0.475 bits per heavy atom. The van der Waals surface area contributed by atoms with E-state index in [1.807, 2.05) is 18.2 Å². The first-order valence-corrected chi connectivity index (χ1v) is 13.0. The Bertz CT molecular complexity index is 1500. The van der Waals surface area contributed by atoms with Gasteiger partial charge in [-0.2, -0.15) is 0 Å². The number of halogens is 2. The maximum Gasteiger partial charge on any atom is 0.255 e. The van der Waals surface area contributed by atoms with E-state index < -0.39 is 0 Å². The van der Waals surface area contributed by atoms with Crippen molar-refractivity contribution in [1.29, 1.82) is 0 Å². The molecule has 0 saturated heterocycles. The summed E-state index contributed by atoms with van der Waals surface area (Å²) in [5.74, 6) is 1.91. The molecule has 2 amide bonds. The second-order valence-corrected chi connectivity index (χ2v) is 9.52. The number of rotatable bonds is 8. The first kappa shape index (κ1) is 26.8. The van der Waals surface area contributed by atoms with Gasteiger partial charge in [-0.15, -0.1) is 0 Å². The third-order valence-corrected chi connectivity index (χ3v) is 6.22. The zero-order chi connectivity index (χ0) is 27.9. The highest BCUT2D eigenvalue weighted by molar-refractivity contribution is 6.31. The highest BCUT2D eigenvalue weighted by atomic mass is 35.5. The molecule has 198 valence electrons. The highest BCUT2D eigenvalue weighted by Gasteiger charge is 2.08. The number of hydrogen-bond acceptors (Lipinski definition) is 4. The number of benzene rings is 5. The van der Waals surface area contributed by atoms with Crippen molar-refractivity contribution in [3.63, 3.8) is 0 Å². The van der Waals surface area contributed by atoms with Crippen LogP contribution in [0, 0.1) is 0 Å². The molecule has 0 aliphatic carbocycles. The Labute approximate surface area is 241 Å². The van der Waals surface area contributed by atoms with Crippen LogP contribution in [0.25, 0.3) is 0 Å². The van der Waals surface area contributed by atoms with E-state index in [0.717, 1.165) is 0 Å². The Balaban J connectivity index is 1.16. The summed E-state index contributed by atoms with van der Waals surface area (Å²) in [6.07, 6.45) is 0.